The van der Waals surface area contributed by atoms with Crippen LogP contribution in [0.1, 0.15) is 48.0 Å². The SMILES string of the molecule is COc1ccc(C(=O)O)cc1CN1CCC[C@@]2(CCC[C@H]2OC)C1.O=CO. The summed E-state index contributed by atoms with van der Waals surface area (Å²) in [4.78, 5) is 22.1. The summed E-state index contributed by atoms with van der Waals surface area (Å²) in [5.41, 5.74) is 1.53. The molecular formula is C20H29NO6. The summed E-state index contributed by atoms with van der Waals surface area (Å²) in [6.07, 6.45) is 6.38. The number of piperidine rings is 1. The van der Waals surface area contributed by atoms with Gasteiger partial charge < -0.3 is 19.7 Å². The van der Waals surface area contributed by atoms with Crippen LogP contribution in [0.2, 0.25) is 0 Å². The van der Waals surface area contributed by atoms with Gasteiger partial charge in [0.1, 0.15) is 5.75 Å². The Hall–Kier alpha value is -2.12. The molecule has 2 N–H and O–H groups in total. The van der Waals surface area contributed by atoms with Crippen LogP contribution in [-0.2, 0) is 16.1 Å². The highest BCUT2D eigenvalue weighted by atomic mass is 16.5. The summed E-state index contributed by atoms with van der Waals surface area (Å²) in [7, 11) is 3.46. The van der Waals surface area contributed by atoms with E-state index in [1.807, 2.05) is 7.11 Å². The summed E-state index contributed by atoms with van der Waals surface area (Å²) in [6, 6.07) is 5.09. The Morgan fingerprint density at radius 2 is 2.04 bits per heavy atom. The lowest BCUT2D eigenvalue weighted by Gasteiger charge is -2.43. The molecule has 1 spiro atoms. The molecule has 7 heteroatoms. The van der Waals surface area contributed by atoms with Crippen LogP contribution in [0.15, 0.2) is 18.2 Å². The molecule has 2 atom stereocenters. The van der Waals surface area contributed by atoms with Gasteiger partial charge in [-0.25, -0.2) is 4.79 Å². The molecule has 3 rings (SSSR count). The second kappa shape index (κ2) is 9.71. The van der Waals surface area contributed by atoms with Gasteiger partial charge in [-0.1, -0.05) is 6.42 Å². The van der Waals surface area contributed by atoms with E-state index in [0.717, 1.165) is 37.4 Å². The minimum absolute atomic E-state index is 0.250. The van der Waals surface area contributed by atoms with E-state index < -0.39 is 5.97 Å². The van der Waals surface area contributed by atoms with Crippen molar-refractivity contribution >= 4 is 12.4 Å². The number of hydrogen-bond acceptors (Lipinski definition) is 5. The highest BCUT2D eigenvalue weighted by molar-refractivity contribution is 5.88. The van der Waals surface area contributed by atoms with Crippen molar-refractivity contribution in [3.8, 4) is 5.75 Å². The molecule has 7 nitrogen and oxygen atoms in total. The summed E-state index contributed by atoms with van der Waals surface area (Å²) in [6.45, 7) is 2.53. The normalized spacial score (nSPS) is 24.9. The number of rotatable bonds is 5. The maximum Gasteiger partial charge on any atom is 0.335 e. The fourth-order valence-electron chi connectivity index (χ4n) is 4.61. The topological polar surface area (TPSA) is 96.3 Å². The average molecular weight is 379 g/mol. The minimum atomic E-state index is -0.899. The van der Waals surface area contributed by atoms with E-state index in [1.54, 1.807) is 25.3 Å². The van der Waals surface area contributed by atoms with Crippen LogP contribution in [0.4, 0.5) is 0 Å². The van der Waals surface area contributed by atoms with Crippen molar-refractivity contribution in [2.45, 2.75) is 44.8 Å². The number of nitrogens with zero attached hydrogens (tertiary/aromatic N) is 1. The molecule has 0 amide bonds. The predicted octanol–water partition coefficient (Wildman–Crippen LogP) is 2.88. The molecule has 1 aliphatic carbocycles. The van der Waals surface area contributed by atoms with E-state index in [-0.39, 0.29) is 11.9 Å². The number of likely N-dealkylation sites (tertiary alicyclic amines) is 1. The number of carbonyl (C=O) groups is 2. The van der Waals surface area contributed by atoms with Gasteiger partial charge in [0.2, 0.25) is 0 Å². The van der Waals surface area contributed by atoms with Gasteiger partial charge >= 0.3 is 5.97 Å². The zero-order valence-electron chi connectivity index (χ0n) is 16.0. The molecule has 2 aliphatic rings. The first-order chi connectivity index (χ1) is 13.0. The lowest BCUT2D eigenvalue weighted by molar-refractivity contribution is -0.122. The van der Waals surface area contributed by atoms with Crippen LogP contribution in [0.3, 0.4) is 0 Å². The van der Waals surface area contributed by atoms with Gasteiger partial charge in [-0.3, -0.25) is 9.69 Å². The van der Waals surface area contributed by atoms with Gasteiger partial charge in [0.25, 0.3) is 6.47 Å². The number of carboxylic acid groups (broad SMARTS) is 2. The van der Waals surface area contributed by atoms with Crippen molar-refractivity contribution in [3.63, 3.8) is 0 Å². The Morgan fingerprint density at radius 1 is 1.33 bits per heavy atom. The first-order valence-corrected chi connectivity index (χ1v) is 9.23. The van der Waals surface area contributed by atoms with Crippen LogP contribution in [-0.4, -0.2) is 61.0 Å². The van der Waals surface area contributed by atoms with E-state index in [2.05, 4.69) is 4.90 Å². The quantitative estimate of drug-likeness (QED) is 0.759. The predicted molar refractivity (Wildman–Crippen MR) is 100 cm³/mol. The van der Waals surface area contributed by atoms with E-state index >= 15 is 0 Å². The third-order valence-corrected chi connectivity index (χ3v) is 5.72. The van der Waals surface area contributed by atoms with Crippen molar-refractivity contribution in [2.75, 3.05) is 27.3 Å². The number of benzene rings is 1. The molecule has 0 radical (unpaired) electrons. The standard InChI is InChI=1S/C19H27NO4.CH2O2/c1-23-16-7-6-14(18(21)22)11-15(16)12-20-10-4-9-19(13-20)8-3-5-17(19)24-2;2-1-3/h6-7,11,17H,3-5,8-10,12-13H2,1-2H3,(H,21,22);1H,(H,2,3)/t17-,19+;/m1./s1. The largest absolute Gasteiger partial charge is 0.496 e. The Balaban J connectivity index is 0.000000817. The summed E-state index contributed by atoms with van der Waals surface area (Å²) < 4.78 is 11.2. The average Bonchev–Trinajstić information content (AvgIpc) is 3.03. The Morgan fingerprint density at radius 3 is 2.67 bits per heavy atom. The number of hydrogen-bond donors (Lipinski definition) is 2. The fraction of sp³-hybridized carbons (Fsp3) is 0.600. The molecule has 27 heavy (non-hydrogen) atoms. The maximum atomic E-state index is 11.3. The van der Waals surface area contributed by atoms with Gasteiger partial charge in [-0.05, 0) is 50.4 Å². The molecule has 150 valence electrons. The highest BCUT2D eigenvalue weighted by Gasteiger charge is 2.45. The van der Waals surface area contributed by atoms with Crippen LogP contribution >= 0.6 is 0 Å². The third-order valence-electron chi connectivity index (χ3n) is 5.72. The van der Waals surface area contributed by atoms with Gasteiger partial charge in [-0.15, -0.1) is 0 Å². The molecule has 0 unspecified atom stereocenters. The number of methoxy groups -OCH3 is 2. The Kier molecular flexibility index (Phi) is 7.62. The van der Waals surface area contributed by atoms with Crippen molar-refractivity contribution in [1.82, 2.24) is 4.90 Å². The molecule has 1 aromatic rings. The van der Waals surface area contributed by atoms with Gasteiger partial charge in [0.05, 0.1) is 18.8 Å². The third kappa shape index (κ3) is 4.99. The zero-order valence-corrected chi connectivity index (χ0v) is 16.0. The second-order valence-corrected chi connectivity index (χ2v) is 7.23. The molecular weight excluding hydrogens is 350 g/mol. The van der Waals surface area contributed by atoms with Crippen molar-refractivity contribution in [1.29, 1.82) is 0 Å². The Bertz CT molecular complexity index is 649. The molecule has 1 heterocycles. The number of carboxylic acids is 1. The molecule has 1 aliphatic heterocycles. The van der Waals surface area contributed by atoms with E-state index in [9.17, 15) is 9.90 Å². The van der Waals surface area contributed by atoms with Gasteiger partial charge in [0.15, 0.2) is 0 Å². The summed E-state index contributed by atoms with van der Waals surface area (Å²) in [5.74, 6) is -0.140. The lowest BCUT2D eigenvalue weighted by Crippen LogP contribution is -2.47. The Labute approximate surface area is 159 Å². The number of aromatic carboxylic acids is 1. The molecule has 1 saturated heterocycles. The van der Waals surface area contributed by atoms with Gasteiger partial charge in [0, 0.05) is 31.2 Å². The van der Waals surface area contributed by atoms with Gasteiger partial charge in [-0.2, -0.15) is 0 Å². The van der Waals surface area contributed by atoms with E-state index in [0.29, 0.717) is 11.7 Å². The lowest BCUT2D eigenvalue weighted by atomic mass is 9.76. The van der Waals surface area contributed by atoms with E-state index in [1.165, 1.54) is 25.7 Å². The van der Waals surface area contributed by atoms with Crippen LogP contribution < -0.4 is 4.74 Å². The zero-order chi connectivity index (χ0) is 19.9. The van der Waals surface area contributed by atoms with Crippen LogP contribution in [0.25, 0.3) is 0 Å². The molecule has 1 saturated carbocycles. The maximum absolute atomic E-state index is 11.3. The molecule has 1 aromatic carbocycles. The second-order valence-electron chi connectivity index (χ2n) is 7.23. The van der Waals surface area contributed by atoms with E-state index in [4.69, 9.17) is 19.4 Å². The van der Waals surface area contributed by atoms with Crippen molar-refractivity contribution in [2.24, 2.45) is 5.41 Å². The van der Waals surface area contributed by atoms with Crippen LogP contribution in [0, 0.1) is 5.41 Å². The molecule has 2 fully saturated rings. The smallest absolute Gasteiger partial charge is 0.335 e. The first kappa shape index (κ1) is 21.2. The highest BCUT2D eigenvalue weighted by Crippen LogP contribution is 2.46. The number of ether oxygens (including phenoxy) is 2. The summed E-state index contributed by atoms with van der Waals surface area (Å²) in [5, 5.41) is 16.1. The minimum Gasteiger partial charge on any atom is -0.496 e. The van der Waals surface area contributed by atoms with Crippen LogP contribution in [0.5, 0.6) is 5.75 Å². The van der Waals surface area contributed by atoms with Crippen molar-refractivity contribution in [3.05, 3.63) is 29.3 Å². The summed E-state index contributed by atoms with van der Waals surface area (Å²) >= 11 is 0. The van der Waals surface area contributed by atoms with Crippen molar-refractivity contribution < 1.29 is 29.3 Å². The monoisotopic (exact) mass is 379 g/mol. The first-order valence-electron chi connectivity index (χ1n) is 9.23. The molecule has 0 aromatic heterocycles. The molecule has 0 bridgehead atoms. The fourth-order valence-corrected chi connectivity index (χ4v) is 4.61.